The van der Waals surface area contributed by atoms with Gasteiger partial charge < -0.3 is 15.0 Å². The van der Waals surface area contributed by atoms with Crippen LogP contribution >= 0.6 is 23.2 Å². The Labute approximate surface area is 201 Å². The average molecular weight is 488 g/mol. The Morgan fingerprint density at radius 3 is 2.47 bits per heavy atom. The maximum Gasteiger partial charge on any atom is 0.407 e. The van der Waals surface area contributed by atoms with Crippen LogP contribution in [0.5, 0.6) is 0 Å². The SMILES string of the molecule is C[C@@H]1CN(CCC2CCC(NC(=O)OC(C)(C)C)CC2)CCN1c1ccc(F)c(Cl)c1Cl. The number of anilines is 1. The van der Waals surface area contributed by atoms with E-state index in [0.29, 0.717) is 10.9 Å². The molecule has 8 heteroatoms. The van der Waals surface area contributed by atoms with Gasteiger partial charge in [-0.25, -0.2) is 9.18 Å². The van der Waals surface area contributed by atoms with Crippen LogP contribution in [0.15, 0.2) is 12.1 Å². The largest absolute Gasteiger partial charge is 0.444 e. The molecule has 5 nitrogen and oxygen atoms in total. The number of alkyl carbamates (subject to hydrolysis) is 1. The van der Waals surface area contributed by atoms with Gasteiger partial charge in [0.2, 0.25) is 0 Å². The summed E-state index contributed by atoms with van der Waals surface area (Å²) in [5.41, 5.74) is 0.345. The van der Waals surface area contributed by atoms with E-state index in [1.165, 1.54) is 12.5 Å². The molecule has 1 aliphatic carbocycles. The number of piperazine rings is 1. The molecule has 1 aromatic rings. The van der Waals surface area contributed by atoms with Crippen molar-refractivity contribution >= 4 is 35.0 Å². The summed E-state index contributed by atoms with van der Waals surface area (Å²) >= 11 is 12.3. The first-order chi connectivity index (χ1) is 15.0. The van der Waals surface area contributed by atoms with Gasteiger partial charge in [-0.05, 0) is 84.4 Å². The van der Waals surface area contributed by atoms with Gasteiger partial charge in [-0.1, -0.05) is 23.2 Å². The molecule has 0 spiro atoms. The molecule has 180 valence electrons. The first-order valence-corrected chi connectivity index (χ1v) is 12.4. The third-order valence-electron chi connectivity index (χ3n) is 6.46. The molecule has 32 heavy (non-hydrogen) atoms. The number of ether oxygens (including phenoxy) is 1. The second-order valence-electron chi connectivity index (χ2n) is 10.2. The van der Waals surface area contributed by atoms with Crippen LogP contribution < -0.4 is 10.2 Å². The highest BCUT2D eigenvalue weighted by Crippen LogP contribution is 2.36. The normalized spacial score (nSPS) is 25.0. The molecule has 1 atom stereocenters. The van der Waals surface area contributed by atoms with Crippen LogP contribution in [0.2, 0.25) is 10.0 Å². The second-order valence-corrected chi connectivity index (χ2v) is 10.9. The van der Waals surface area contributed by atoms with E-state index in [1.807, 2.05) is 20.8 Å². The van der Waals surface area contributed by atoms with Crippen molar-refractivity contribution in [3.05, 3.63) is 28.0 Å². The number of hydrogen-bond acceptors (Lipinski definition) is 4. The van der Waals surface area contributed by atoms with Crippen molar-refractivity contribution in [1.29, 1.82) is 0 Å². The van der Waals surface area contributed by atoms with Gasteiger partial charge in [0, 0.05) is 31.7 Å². The number of halogens is 3. The van der Waals surface area contributed by atoms with E-state index >= 15 is 0 Å². The van der Waals surface area contributed by atoms with Gasteiger partial charge in [-0.15, -0.1) is 0 Å². The molecule has 0 radical (unpaired) electrons. The summed E-state index contributed by atoms with van der Waals surface area (Å²) < 4.78 is 19.0. The Morgan fingerprint density at radius 1 is 1.16 bits per heavy atom. The van der Waals surface area contributed by atoms with Crippen LogP contribution in [0.25, 0.3) is 0 Å². The zero-order valence-corrected chi connectivity index (χ0v) is 21.1. The Kier molecular flexibility index (Phi) is 8.56. The quantitative estimate of drug-likeness (QED) is 0.508. The third kappa shape index (κ3) is 6.88. The summed E-state index contributed by atoms with van der Waals surface area (Å²) in [6.45, 7) is 11.6. The van der Waals surface area contributed by atoms with E-state index in [-0.39, 0.29) is 23.2 Å². The first-order valence-electron chi connectivity index (χ1n) is 11.7. The molecule has 1 saturated heterocycles. The number of benzene rings is 1. The standard InChI is InChI=1S/C24H36Cl2FN3O2/c1-16-15-29(13-14-30(16)20-10-9-19(27)21(25)22(20)26)12-11-17-5-7-18(8-6-17)28-23(31)32-24(2,3)4/h9-10,16-18H,5-8,11-15H2,1-4H3,(H,28,31)/t16-,17?,18?/m1/s1. The maximum absolute atomic E-state index is 13.6. The summed E-state index contributed by atoms with van der Waals surface area (Å²) in [5.74, 6) is 0.216. The van der Waals surface area contributed by atoms with Gasteiger partial charge in [0.25, 0.3) is 0 Å². The fraction of sp³-hybridized carbons (Fsp3) is 0.708. The summed E-state index contributed by atoms with van der Waals surface area (Å²) in [5, 5.41) is 3.31. The number of nitrogens with zero attached hydrogens (tertiary/aromatic N) is 2. The Morgan fingerprint density at radius 2 is 1.84 bits per heavy atom. The van der Waals surface area contributed by atoms with Crippen LogP contribution in [0.3, 0.4) is 0 Å². The van der Waals surface area contributed by atoms with Crippen molar-refractivity contribution in [2.45, 2.75) is 77.5 Å². The minimum absolute atomic E-state index is 0.00411. The molecule has 0 unspecified atom stereocenters. The Bertz CT molecular complexity index is 794. The number of carbonyl (C=O) groups excluding carboxylic acids is 1. The molecule has 0 bridgehead atoms. The maximum atomic E-state index is 13.6. The lowest BCUT2D eigenvalue weighted by Gasteiger charge is -2.42. The molecular weight excluding hydrogens is 452 g/mol. The molecule has 1 saturated carbocycles. The highest BCUT2D eigenvalue weighted by atomic mass is 35.5. The smallest absolute Gasteiger partial charge is 0.407 e. The monoisotopic (exact) mass is 487 g/mol. The molecule has 1 heterocycles. The molecule has 0 aromatic heterocycles. The molecule has 1 aliphatic heterocycles. The van der Waals surface area contributed by atoms with Gasteiger partial charge in [0.05, 0.1) is 15.7 Å². The highest BCUT2D eigenvalue weighted by molar-refractivity contribution is 6.43. The fourth-order valence-electron chi connectivity index (χ4n) is 4.77. The lowest BCUT2D eigenvalue weighted by Crippen LogP contribution is -2.52. The van der Waals surface area contributed by atoms with Gasteiger partial charge >= 0.3 is 6.09 Å². The van der Waals surface area contributed by atoms with Crippen molar-refractivity contribution in [2.24, 2.45) is 5.92 Å². The molecule has 1 N–H and O–H groups in total. The van der Waals surface area contributed by atoms with E-state index in [9.17, 15) is 9.18 Å². The van der Waals surface area contributed by atoms with Crippen LogP contribution in [-0.4, -0.2) is 54.9 Å². The molecule has 2 fully saturated rings. The molecule has 3 rings (SSSR count). The van der Waals surface area contributed by atoms with Crippen molar-refractivity contribution in [1.82, 2.24) is 10.2 Å². The van der Waals surface area contributed by atoms with Crippen molar-refractivity contribution in [3.63, 3.8) is 0 Å². The van der Waals surface area contributed by atoms with Crippen molar-refractivity contribution < 1.29 is 13.9 Å². The summed E-state index contributed by atoms with van der Waals surface area (Å²) in [6.07, 6.45) is 5.17. The summed E-state index contributed by atoms with van der Waals surface area (Å²) in [7, 11) is 0. The minimum atomic E-state index is -0.484. The van der Waals surface area contributed by atoms with Crippen LogP contribution in [0.1, 0.15) is 59.8 Å². The van der Waals surface area contributed by atoms with E-state index < -0.39 is 11.4 Å². The highest BCUT2D eigenvalue weighted by Gasteiger charge is 2.28. The molecule has 1 amide bonds. The summed E-state index contributed by atoms with van der Waals surface area (Å²) in [6, 6.07) is 3.60. The van der Waals surface area contributed by atoms with Crippen molar-refractivity contribution in [2.75, 3.05) is 31.1 Å². The number of carbonyl (C=O) groups is 1. The van der Waals surface area contributed by atoms with Crippen molar-refractivity contribution in [3.8, 4) is 0 Å². The van der Waals surface area contributed by atoms with E-state index in [2.05, 4.69) is 22.0 Å². The fourth-order valence-corrected chi connectivity index (χ4v) is 5.19. The third-order valence-corrected chi connectivity index (χ3v) is 7.31. The Balaban J connectivity index is 1.40. The first kappa shape index (κ1) is 25.4. The molecule has 2 aliphatic rings. The van der Waals surface area contributed by atoms with Gasteiger partial charge in [0.15, 0.2) is 0 Å². The van der Waals surface area contributed by atoms with E-state index in [0.717, 1.165) is 57.5 Å². The lowest BCUT2D eigenvalue weighted by molar-refractivity contribution is 0.0485. The predicted octanol–water partition coefficient (Wildman–Crippen LogP) is 6.12. The lowest BCUT2D eigenvalue weighted by atomic mass is 9.84. The average Bonchev–Trinajstić information content (AvgIpc) is 2.71. The second kappa shape index (κ2) is 10.8. The van der Waals surface area contributed by atoms with Crippen LogP contribution in [-0.2, 0) is 4.74 Å². The zero-order valence-electron chi connectivity index (χ0n) is 19.6. The number of rotatable bonds is 5. The number of nitrogens with one attached hydrogen (secondary N) is 1. The van der Waals surface area contributed by atoms with Crippen LogP contribution in [0, 0.1) is 11.7 Å². The predicted molar refractivity (Wildman–Crippen MR) is 129 cm³/mol. The van der Waals surface area contributed by atoms with Gasteiger partial charge in [0.1, 0.15) is 11.4 Å². The van der Waals surface area contributed by atoms with E-state index in [4.69, 9.17) is 27.9 Å². The molecular formula is C24H36Cl2FN3O2. The molecule has 1 aromatic carbocycles. The number of amides is 1. The van der Waals surface area contributed by atoms with Gasteiger partial charge in [-0.2, -0.15) is 0 Å². The van der Waals surface area contributed by atoms with Crippen LogP contribution in [0.4, 0.5) is 14.9 Å². The summed E-state index contributed by atoms with van der Waals surface area (Å²) in [4.78, 5) is 16.7. The number of hydrogen-bond donors (Lipinski definition) is 1. The van der Waals surface area contributed by atoms with Gasteiger partial charge in [-0.3, -0.25) is 4.90 Å². The Hall–Kier alpha value is -1.24. The topological polar surface area (TPSA) is 44.8 Å². The van der Waals surface area contributed by atoms with E-state index in [1.54, 1.807) is 6.07 Å². The zero-order chi connectivity index (χ0) is 23.5. The minimum Gasteiger partial charge on any atom is -0.444 e.